The maximum atomic E-state index is 13.7. The minimum atomic E-state index is -4.18. The molecular formula is C10H11FNO5P. The molecule has 0 aliphatic carbocycles. The van der Waals surface area contributed by atoms with Crippen LogP contribution in [-0.4, -0.2) is 22.0 Å². The van der Waals surface area contributed by atoms with Crippen LogP contribution in [0, 0.1) is 0 Å². The van der Waals surface area contributed by atoms with Crippen molar-refractivity contribution < 1.29 is 28.3 Å². The monoisotopic (exact) mass is 275 g/mol. The van der Waals surface area contributed by atoms with Crippen LogP contribution in [0.1, 0.15) is 11.1 Å². The summed E-state index contributed by atoms with van der Waals surface area (Å²) in [5, 5.41) is 8.63. The summed E-state index contributed by atoms with van der Waals surface area (Å²) in [7, 11) is -4.18. The van der Waals surface area contributed by atoms with Crippen LogP contribution in [0.15, 0.2) is 24.3 Å². The first-order valence-electron chi connectivity index (χ1n) is 5.06. The summed E-state index contributed by atoms with van der Waals surface area (Å²) in [5.41, 5.74) is 3.24. The average Bonchev–Trinajstić information content (AvgIpc) is 2.80. The molecule has 1 saturated heterocycles. The van der Waals surface area contributed by atoms with Crippen molar-refractivity contribution in [2.75, 3.05) is 0 Å². The Hall–Kier alpha value is -1.27. The number of carboxylic acid groups (broad SMARTS) is 1. The molecule has 0 saturated carbocycles. The summed E-state index contributed by atoms with van der Waals surface area (Å²) in [4.78, 5) is 19.5. The Bertz CT molecular complexity index is 534. The zero-order valence-corrected chi connectivity index (χ0v) is 10.0. The quantitative estimate of drug-likeness (QED) is 0.556. The van der Waals surface area contributed by atoms with Crippen molar-refractivity contribution in [2.24, 2.45) is 5.73 Å². The first-order valence-corrected chi connectivity index (χ1v) is 6.64. The molecule has 1 heterocycles. The van der Waals surface area contributed by atoms with Gasteiger partial charge in [0, 0.05) is 5.56 Å². The molecule has 2 rings (SSSR count). The Labute approximate surface area is 102 Å². The maximum absolute atomic E-state index is 13.7. The van der Waals surface area contributed by atoms with Crippen LogP contribution in [0.5, 0.6) is 0 Å². The van der Waals surface area contributed by atoms with E-state index in [2.05, 4.69) is 4.52 Å². The van der Waals surface area contributed by atoms with Gasteiger partial charge in [-0.05, 0) is 12.0 Å². The largest absolute Gasteiger partial charge is 0.480 e. The lowest BCUT2D eigenvalue weighted by Gasteiger charge is -2.07. The number of rotatable bonds is 4. The minimum absolute atomic E-state index is 0.0685. The number of hydrogen-bond donors (Lipinski definition) is 3. The van der Waals surface area contributed by atoms with E-state index < -0.39 is 25.2 Å². The Morgan fingerprint density at radius 3 is 2.39 bits per heavy atom. The standard InChI is InChI=1S/C10H11FNO5P/c11-10(17-18(10,15)16)7-3-1-6(2-4-7)5-8(12)9(13)14/h1-4,8H,5,12H2,(H,13,14)(H,15,16). The van der Waals surface area contributed by atoms with E-state index in [-0.39, 0.29) is 12.0 Å². The van der Waals surface area contributed by atoms with Crippen LogP contribution < -0.4 is 5.73 Å². The fraction of sp³-hybridized carbons (Fsp3) is 0.300. The van der Waals surface area contributed by atoms with E-state index in [9.17, 15) is 13.8 Å². The van der Waals surface area contributed by atoms with E-state index >= 15 is 0 Å². The third kappa shape index (κ3) is 2.18. The molecular weight excluding hydrogens is 264 g/mol. The number of benzene rings is 1. The highest BCUT2D eigenvalue weighted by molar-refractivity contribution is 7.59. The number of carbonyl (C=O) groups is 1. The molecule has 6 nitrogen and oxygen atoms in total. The normalized spacial score (nSPS) is 31.9. The number of alkyl halides is 1. The van der Waals surface area contributed by atoms with E-state index in [0.29, 0.717) is 5.56 Å². The van der Waals surface area contributed by atoms with Crippen molar-refractivity contribution in [3.8, 4) is 0 Å². The number of nitrogens with two attached hydrogens (primary N) is 1. The third-order valence-corrected chi connectivity index (χ3v) is 4.07. The summed E-state index contributed by atoms with van der Waals surface area (Å²) < 4.78 is 28.8. The third-order valence-electron chi connectivity index (χ3n) is 2.66. The van der Waals surface area contributed by atoms with Crippen molar-refractivity contribution in [3.05, 3.63) is 35.4 Å². The van der Waals surface area contributed by atoms with Gasteiger partial charge in [-0.1, -0.05) is 24.3 Å². The predicted molar refractivity (Wildman–Crippen MR) is 59.5 cm³/mol. The number of hydrogen-bond acceptors (Lipinski definition) is 4. The summed E-state index contributed by atoms with van der Waals surface area (Å²) in [6.07, 6.45) is 0.0898. The van der Waals surface area contributed by atoms with Crippen molar-refractivity contribution >= 4 is 13.6 Å². The van der Waals surface area contributed by atoms with E-state index in [0.717, 1.165) is 0 Å². The van der Waals surface area contributed by atoms with Gasteiger partial charge in [0.2, 0.25) is 0 Å². The van der Waals surface area contributed by atoms with Gasteiger partial charge >= 0.3 is 19.2 Å². The molecule has 3 unspecified atom stereocenters. The van der Waals surface area contributed by atoms with Crippen LogP contribution in [0.2, 0.25) is 0 Å². The van der Waals surface area contributed by atoms with Crippen LogP contribution in [0.4, 0.5) is 4.39 Å². The number of aliphatic carboxylic acids is 1. The zero-order valence-electron chi connectivity index (χ0n) is 9.12. The van der Waals surface area contributed by atoms with E-state index in [1.807, 2.05) is 0 Å². The van der Waals surface area contributed by atoms with Gasteiger partial charge < -0.3 is 15.7 Å². The Kier molecular flexibility index (Phi) is 3.03. The fourth-order valence-electron chi connectivity index (χ4n) is 1.55. The maximum Gasteiger partial charge on any atom is 0.401 e. The molecule has 0 radical (unpaired) electrons. The number of carboxylic acids is 1. The Balaban J connectivity index is 2.12. The highest BCUT2D eigenvalue weighted by atomic mass is 31.2. The second kappa shape index (κ2) is 4.13. The van der Waals surface area contributed by atoms with E-state index in [4.69, 9.17) is 15.7 Å². The Morgan fingerprint density at radius 1 is 1.50 bits per heavy atom. The van der Waals surface area contributed by atoms with Gasteiger partial charge in [0.05, 0.1) is 0 Å². The average molecular weight is 275 g/mol. The molecule has 0 amide bonds. The van der Waals surface area contributed by atoms with Crippen LogP contribution >= 0.6 is 7.60 Å². The van der Waals surface area contributed by atoms with Crippen molar-refractivity contribution in [1.82, 2.24) is 0 Å². The van der Waals surface area contributed by atoms with Crippen LogP contribution in [0.3, 0.4) is 0 Å². The van der Waals surface area contributed by atoms with Gasteiger partial charge in [0.15, 0.2) is 0 Å². The lowest BCUT2D eigenvalue weighted by molar-refractivity contribution is -0.138. The molecule has 1 aromatic rings. The smallest absolute Gasteiger partial charge is 0.401 e. The lowest BCUT2D eigenvalue weighted by Crippen LogP contribution is -2.32. The number of halogens is 1. The zero-order chi connectivity index (χ0) is 13.6. The van der Waals surface area contributed by atoms with Gasteiger partial charge in [0.25, 0.3) is 0 Å². The highest BCUT2D eigenvalue weighted by Crippen LogP contribution is 2.81. The molecule has 1 aliphatic heterocycles. The van der Waals surface area contributed by atoms with Gasteiger partial charge in [-0.2, -0.15) is 4.39 Å². The van der Waals surface area contributed by atoms with E-state index in [1.54, 1.807) is 0 Å². The van der Waals surface area contributed by atoms with Gasteiger partial charge in [-0.3, -0.25) is 13.9 Å². The molecule has 8 heteroatoms. The topological polar surface area (TPSA) is 113 Å². The first kappa shape index (κ1) is 13.2. The molecule has 1 aliphatic rings. The molecule has 0 aromatic heterocycles. The second-order valence-corrected chi connectivity index (χ2v) is 5.82. The minimum Gasteiger partial charge on any atom is -0.480 e. The van der Waals surface area contributed by atoms with E-state index in [1.165, 1.54) is 24.3 Å². The van der Waals surface area contributed by atoms with Crippen LogP contribution in [-0.2, 0) is 25.9 Å². The molecule has 0 bridgehead atoms. The molecule has 3 atom stereocenters. The Morgan fingerprint density at radius 2 is 2.00 bits per heavy atom. The fourth-order valence-corrected chi connectivity index (χ4v) is 2.62. The molecule has 98 valence electrons. The molecule has 4 N–H and O–H groups in total. The molecule has 0 spiro atoms. The first-order chi connectivity index (χ1) is 8.26. The second-order valence-electron chi connectivity index (χ2n) is 4.02. The van der Waals surface area contributed by atoms with Crippen LogP contribution in [0.25, 0.3) is 0 Å². The summed E-state index contributed by atoms with van der Waals surface area (Å²) in [5.74, 6) is -1.13. The SMILES string of the molecule is NC(Cc1ccc(C2(F)OP2(=O)O)cc1)C(=O)O. The molecule has 1 aromatic carbocycles. The van der Waals surface area contributed by atoms with Gasteiger partial charge in [0.1, 0.15) is 6.04 Å². The lowest BCUT2D eigenvalue weighted by atomic mass is 10.0. The van der Waals surface area contributed by atoms with Crippen molar-refractivity contribution in [3.63, 3.8) is 0 Å². The van der Waals surface area contributed by atoms with Gasteiger partial charge in [-0.25, -0.2) is 0 Å². The molecule has 1 fully saturated rings. The predicted octanol–water partition coefficient (Wildman–Crippen LogP) is 0.936. The van der Waals surface area contributed by atoms with Gasteiger partial charge in [-0.15, -0.1) is 0 Å². The summed E-state index contributed by atoms with van der Waals surface area (Å²) >= 11 is 0. The van der Waals surface area contributed by atoms with Crippen molar-refractivity contribution in [2.45, 2.75) is 18.1 Å². The van der Waals surface area contributed by atoms with Crippen molar-refractivity contribution in [1.29, 1.82) is 0 Å². The summed E-state index contributed by atoms with van der Waals surface area (Å²) in [6.45, 7) is 0. The molecule has 18 heavy (non-hydrogen) atoms. The summed E-state index contributed by atoms with van der Waals surface area (Å²) in [6, 6.07) is 4.40. The highest BCUT2D eigenvalue weighted by Gasteiger charge is 2.71.